The number of amides is 1. The molecule has 472 valence electrons. The molecule has 0 aromatic heterocycles. The van der Waals surface area contributed by atoms with Crippen molar-refractivity contribution < 1.29 is 24.5 Å². The number of rotatable bonds is 70. The lowest BCUT2D eigenvalue weighted by atomic mass is 10.0. The summed E-state index contributed by atoms with van der Waals surface area (Å²) in [4.78, 5) is 24.6. The van der Waals surface area contributed by atoms with Crippen molar-refractivity contribution >= 4 is 11.9 Å². The van der Waals surface area contributed by atoms with Gasteiger partial charge in [-0.1, -0.05) is 393 Å². The van der Waals surface area contributed by atoms with Crippen LogP contribution in [0.25, 0.3) is 0 Å². The highest BCUT2D eigenvalue weighted by molar-refractivity contribution is 5.76. The van der Waals surface area contributed by atoms with Crippen LogP contribution in [0.1, 0.15) is 431 Å². The summed E-state index contributed by atoms with van der Waals surface area (Å²) in [5.41, 5.74) is 0. The normalized spacial score (nSPS) is 12.4. The van der Waals surface area contributed by atoms with Crippen LogP contribution in [0.5, 0.6) is 0 Å². The fourth-order valence-corrected chi connectivity index (χ4v) is 12.1. The number of carbonyl (C=O) groups excluding carboxylic acids is 2. The van der Waals surface area contributed by atoms with Gasteiger partial charge >= 0.3 is 5.97 Å². The van der Waals surface area contributed by atoms with E-state index in [2.05, 4.69) is 19.2 Å². The summed E-state index contributed by atoms with van der Waals surface area (Å²) in [6, 6.07) is -0.541. The van der Waals surface area contributed by atoms with Gasteiger partial charge in [-0.2, -0.15) is 0 Å². The molecule has 0 heterocycles. The predicted octanol–water partition coefficient (Wildman–Crippen LogP) is 23.8. The molecule has 6 heteroatoms. The molecule has 3 N–H and O–H groups in total. The molecule has 0 rings (SSSR count). The Labute approximate surface area is 496 Å². The van der Waals surface area contributed by atoms with E-state index in [4.69, 9.17) is 4.74 Å². The fourth-order valence-electron chi connectivity index (χ4n) is 12.1. The number of hydrogen-bond acceptors (Lipinski definition) is 5. The van der Waals surface area contributed by atoms with Crippen molar-refractivity contribution in [3.8, 4) is 0 Å². The van der Waals surface area contributed by atoms with Gasteiger partial charge in [-0.3, -0.25) is 9.59 Å². The van der Waals surface area contributed by atoms with Crippen molar-refractivity contribution in [2.24, 2.45) is 0 Å². The Bertz CT molecular complexity index is 1150. The SMILES string of the molecule is CCCCCCCCCCCCCCCCCCCCCCCCCCCC(O)C(CO)NC(=O)CCCCCCCCCCCCCCCCCCCCCCCCCCOC(=O)CCCCCCCCCCCCCCC. The maximum absolute atomic E-state index is 12.6. The maximum atomic E-state index is 12.6. The van der Waals surface area contributed by atoms with Gasteiger partial charge < -0.3 is 20.3 Å². The molecule has 79 heavy (non-hydrogen) atoms. The van der Waals surface area contributed by atoms with Crippen LogP contribution in [-0.4, -0.2) is 47.4 Å². The van der Waals surface area contributed by atoms with Crippen LogP contribution in [0.3, 0.4) is 0 Å². The summed E-state index contributed by atoms with van der Waals surface area (Å²) in [5, 5.41) is 23.5. The van der Waals surface area contributed by atoms with Crippen molar-refractivity contribution in [2.45, 2.75) is 443 Å². The first kappa shape index (κ1) is 77.9. The van der Waals surface area contributed by atoms with Crippen molar-refractivity contribution in [3.05, 3.63) is 0 Å². The van der Waals surface area contributed by atoms with Gasteiger partial charge in [0.25, 0.3) is 0 Å². The molecule has 0 aliphatic rings. The van der Waals surface area contributed by atoms with Crippen LogP contribution < -0.4 is 5.32 Å². The molecule has 0 radical (unpaired) electrons. The van der Waals surface area contributed by atoms with Gasteiger partial charge in [-0.15, -0.1) is 0 Å². The first-order valence-corrected chi connectivity index (χ1v) is 36.8. The van der Waals surface area contributed by atoms with E-state index in [9.17, 15) is 19.8 Å². The Morgan fingerprint density at radius 3 is 0.772 bits per heavy atom. The molecule has 2 atom stereocenters. The van der Waals surface area contributed by atoms with Crippen LogP contribution in [-0.2, 0) is 14.3 Å². The quantitative estimate of drug-likeness (QED) is 0.0417. The first-order valence-electron chi connectivity index (χ1n) is 36.8. The Hall–Kier alpha value is -1.14. The maximum Gasteiger partial charge on any atom is 0.305 e. The summed E-state index contributed by atoms with van der Waals surface area (Å²) in [6.45, 7) is 5.01. The minimum absolute atomic E-state index is 0.0186. The summed E-state index contributed by atoms with van der Waals surface area (Å²) >= 11 is 0. The van der Waals surface area contributed by atoms with Crippen molar-refractivity contribution in [1.82, 2.24) is 5.32 Å². The number of hydrogen-bond donors (Lipinski definition) is 3. The van der Waals surface area contributed by atoms with Crippen LogP contribution in [0.4, 0.5) is 0 Å². The molecular formula is C73H145NO5. The third kappa shape index (κ3) is 65.9. The highest BCUT2D eigenvalue weighted by Crippen LogP contribution is 2.20. The summed E-state index contributed by atoms with van der Waals surface area (Å²) in [5.74, 6) is -0.00887. The molecular weight excluding hydrogens is 971 g/mol. The topological polar surface area (TPSA) is 95.9 Å². The molecule has 0 saturated carbocycles. The average Bonchev–Trinajstić information content (AvgIpc) is 3.45. The number of aliphatic hydroxyl groups is 2. The second kappa shape index (κ2) is 69.4. The lowest BCUT2D eigenvalue weighted by Gasteiger charge is -2.22. The van der Waals surface area contributed by atoms with E-state index < -0.39 is 12.1 Å². The van der Waals surface area contributed by atoms with E-state index in [1.54, 1.807) is 0 Å². The van der Waals surface area contributed by atoms with Gasteiger partial charge in [0, 0.05) is 12.8 Å². The number of esters is 1. The second-order valence-electron chi connectivity index (χ2n) is 25.6. The molecule has 0 aliphatic carbocycles. The second-order valence-corrected chi connectivity index (χ2v) is 25.6. The van der Waals surface area contributed by atoms with Crippen molar-refractivity contribution in [3.63, 3.8) is 0 Å². The molecule has 0 aliphatic heterocycles. The van der Waals surface area contributed by atoms with Gasteiger partial charge in [0.1, 0.15) is 0 Å². The number of nitrogens with one attached hydrogen (secondary N) is 1. The fraction of sp³-hybridized carbons (Fsp3) is 0.973. The summed E-state index contributed by atoms with van der Waals surface area (Å²) < 4.78 is 5.49. The van der Waals surface area contributed by atoms with E-state index in [0.717, 1.165) is 38.5 Å². The van der Waals surface area contributed by atoms with Crippen LogP contribution in [0.2, 0.25) is 0 Å². The molecule has 0 fully saturated rings. The zero-order chi connectivity index (χ0) is 57.1. The van der Waals surface area contributed by atoms with E-state index >= 15 is 0 Å². The largest absolute Gasteiger partial charge is 0.466 e. The lowest BCUT2D eigenvalue weighted by Crippen LogP contribution is -2.45. The summed E-state index contributed by atoms with van der Waals surface area (Å²) in [7, 11) is 0. The van der Waals surface area contributed by atoms with Crippen molar-refractivity contribution in [2.75, 3.05) is 13.2 Å². The highest BCUT2D eigenvalue weighted by atomic mass is 16.5. The van der Waals surface area contributed by atoms with E-state index in [1.807, 2.05) is 0 Å². The Balaban J connectivity index is 3.36. The van der Waals surface area contributed by atoms with E-state index in [1.165, 1.54) is 360 Å². The molecule has 2 unspecified atom stereocenters. The molecule has 0 bridgehead atoms. The van der Waals surface area contributed by atoms with E-state index in [-0.39, 0.29) is 18.5 Å². The van der Waals surface area contributed by atoms with Gasteiger partial charge in [0.2, 0.25) is 5.91 Å². The monoisotopic (exact) mass is 1120 g/mol. The Kier molecular flexibility index (Phi) is 68.4. The Morgan fingerprint density at radius 1 is 0.304 bits per heavy atom. The van der Waals surface area contributed by atoms with Crippen molar-refractivity contribution in [1.29, 1.82) is 0 Å². The van der Waals surface area contributed by atoms with Crippen LogP contribution in [0, 0.1) is 0 Å². The standard InChI is InChI=1S/C73H145NO5/c1-3-5-7-9-11-13-15-17-18-19-20-21-22-23-26-29-32-35-38-42-45-49-53-57-61-65-71(76)70(69-75)74-72(77)66-62-58-54-50-46-43-39-36-33-30-27-24-25-28-31-34-37-40-44-48-52-56-60-64-68-79-73(78)67-63-59-55-51-47-41-16-14-12-10-8-6-4-2/h70-71,75-76H,3-69H2,1-2H3,(H,74,77). The minimum Gasteiger partial charge on any atom is -0.466 e. The van der Waals surface area contributed by atoms with Gasteiger partial charge in [-0.25, -0.2) is 0 Å². The number of carbonyl (C=O) groups is 2. The van der Waals surface area contributed by atoms with Gasteiger partial charge in [0.05, 0.1) is 25.4 Å². The molecule has 1 amide bonds. The number of ether oxygens (including phenoxy) is 1. The van der Waals surface area contributed by atoms with Gasteiger partial charge in [0.15, 0.2) is 0 Å². The third-order valence-corrected chi connectivity index (χ3v) is 17.7. The first-order chi connectivity index (χ1) is 39.0. The zero-order valence-corrected chi connectivity index (χ0v) is 54.2. The van der Waals surface area contributed by atoms with Gasteiger partial charge in [-0.05, 0) is 25.7 Å². The number of aliphatic hydroxyl groups excluding tert-OH is 2. The zero-order valence-electron chi connectivity index (χ0n) is 54.2. The lowest BCUT2D eigenvalue weighted by molar-refractivity contribution is -0.143. The molecule has 0 aromatic rings. The third-order valence-electron chi connectivity index (χ3n) is 17.7. The summed E-state index contributed by atoms with van der Waals surface area (Å²) in [6.07, 6.45) is 84.5. The molecule has 6 nitrogen and oxygen atoms in total. The minimum atomic E-state index is -0.664. The predicted molar refractivity (Wildman–Crippen MR) is 347 cm³/mol. The molecule has 0 spiro atoms. The van der Waals surface area contributed by atoms with Crippen LogP contribution >= 0.6 is 0 Å². The Morgan fingerprint density at radius 2 is 0.519 bits per heavy atom. The van der Waals surface area contributed by atoms with E-state index in [0.29, 0.717) is 25.9 Å². The smallest absolute Gasteiger partial charge is 0.305 e. The molecule has 0 aromatic carbocycles. The highest BCUT2D eigenvalue weighted by Gasteiger charge is 2.20. The average molecular weight is 1120 g/mol. The number of unbranched alkanes of at least 4 members (excludes halogenated alkanes) is 59. The molecule has 0 saturated heterocycles. The van der Waals surface area contributed by atoms with Crippen LogP contribution in [0.15, 0.2) is 0 Å².